The summed E-state index contributed by atoms with van der Waals surface area (Å²) in [5.74, 6) is 0. The summed E-state index contributed by atoms with van der Waals surface area (Å²) in [6, 6.07) is 37.2. The zero-order valence-electron chi connectivity index (χ0n) is 19.0. The Hall–Kier alpha value is -4.30. The molecule has 162 valence electrons. The highest BCUT2D eigenvalue weighted by Gasteiger charge is 2.52. The van der Waals surface area contributed by atoms with Gasteiger partial charge in [-0.2, -0.15) is 0 Å². The Balaban J connectivity index is 1.44. The maximum Gasteiger partial charge on any atom is 0.0741 e. The number of benzene rings is 4. The third kappa shape index (κ3) is 2.51. The van der Waals surface area contributed by atoms with Crippen LogP contribution < -0.4 is 5.43 Å². The molecule has 1 aromatic heterocycles. The van der Waals surface area contributed by atoms with E-state index >= 15 is 0 Å². The third-order valence-corrected chi connectivity index (χ3v) is 7.29. The van der Waals surface area contributed by atoms with E-state index in [2.05, 4.69) is 133 Å². The molecule has 0 amide bonds. The SMILES string of the molecule is C/C(=C\c1ccccc1)Nn1cc2c(c1)C1(c3ccccc3-c3ccccc31)c1ccccc1-2. The first-order valence-corrected chi connectivity index (χ1v) is 11.8. The number of aromatic nitrogens is 1. The van der Waals surface area contributed by atoms with Gasteiger partial charge >= 0.3 is 0 Å². The summed E-state index contributed by atoms with van der Waals surface area (Å²) in [7, 11) is 0. The van der Waals surface area contributed by atoms with Gasteiger partial charge in [0.15, 0.2) is 0 Å². The first-order valence-electron chi connectivity index (χ1n) is 11.8. The molecule has 0 saturated heterocycles. The van der Waals surface area contributed by atoms with E-state index in [0.717, 1.165) is 5.70 Å². The second-order valence-electron chi connectivity index (χ2n) is 9.23. The normalized spacial score (nSPS) is 14.4. The van der Waals surface area contributed by atoms with Crippen molar-refractivity contribution in [3.05, 3.63) is 149 Å². The summed E-state index contributed by atoms with van der Waals surface area (Å²) in [6.07, 6.45) is 6.71. The number of nitrogens with one attached hydrogen (secondary N) is 1. The molecule has 2 aliphatic rings. The van der Waals surface area contributed by atoms with Gasteiger partial charge in [0.25, 0.3) is 0 Å². The van der Waals surface area contributed by atoms with E-state index in [1.54, 1.807) is 0 Å². The van der Waals surface area contributed by atoms with Gasteiger partial charge in [0, 0.05) is 23.7 Å². The lowest BCUT2D eigenvalue weighted by Crippen LogP contribution is -2.26. The monoisotopic (exact) mass is 436 g/mol. The standard InChI is InChI=1S/C32H24N2/c1-22(19-23-11-3-2-4-12-23)33-34-20-27-26-15-7-10-18-30(26)32(31(27)21-34)28-16-8-5-13-24(28)25-14-6-9-17-29(25)32/h2-21,33H,1H3/b22-19+. The molecule has 0 fully saturated rings. The van der Waals surface area contributed by atoms with Crippen molar-refractivity contribution in [1.29, 1.82) is 0 Å². The van der Waals surface area contributed by atoms with Crippen LogP contribution in [0.1, 0.15) is 34.7 Å². The van der Waals surface area contributed by atoms with E-state index in [9.17, 15) is 0 Å². The Labute approximate surface area is 199 Å². The molecule has 2 aliphatic carbocycles. The number of nitrogens with zero attached hydrogens (tertiary/aromatic N) is 1. The lowest BCUT2D eigenvalue weighted by molar-refractivity contribution is 0.783. The smallest absolute Gasteiger partial charge is 0.0741 e. The predicted octanol–water partition coefficient (Wildman–Crippen LogP) is 7.44. The van der Waals surface area contributed by atoms with Crippen molar-refractivity contribution in [1.82, 2.24) is 4.68 Å². The van der Waals surface area contributed by atoms with Crippen molar-refractivity contribution in [2.24, 2.45) is 0 Å². The summed E-state index contributed by atoms with van der Waals surface area (Å²) in [5, 5.41) is 0. The van der Waals surface area contributed by atoms with E-state index in [-0.39, 0.29) is 5.41 Å². The molecule has 0 aliphatic heterocycles. The Morgan fingerprint density at radius 2 is 1.09 bits per heavy atom. The molecule has 1 spiro atoms. The summed E-state index contributed by atoms with van der Waals surface area (Å²) in [5.41, 5.74) is 16.3. The summed E-state index contributed by atoms with van der Waals surface area (Å²) in [4.78, 5) is 0. The van der Waals surface area contributed by atoms with Gasteiger partial charge in [0.1, 0.15) is 0 Å². The molecule has 1 N–H and O–H groups in total. The van der Waals surface area contributed by atoms with Crippen molar-refractivity contribution < 1.29 is 0 Å². The molecule has 34 heavy (non-hydrogen) atoms. The van der Waals surface area contributed by atoms with E-state index in [1.807, 2.05) is 6.07 Å². The van der Waals surface area contributed by atoms with Crippen molar-refractivity contribution in [3.8, 4) is 22.3 Å². The third-order valence-electron chi connectivity index (χ3n) is 7.29. The fourth-order valence-electron chi connectivity index (χ4n) is 6.07. The topological polar surface area (TPSA) is 17.0 Å². The molecular formula is C32H24N2. The Morgan fingerprint density at radius 3 is 1.68 bits per heavy atom. The number of hydrogen-bond acceptors (Lipinski definition) is 1. The van der Waals surface area contributed by atoms with Crippen LogP contribution in [0.2, 0.25) is 0 Å². The van der Waals surface area contributed by atoms with Gasteiger partial charge in [-0.15, -0.1) is 0 Å². The Morgan fingerprint density at radius 1 is 0.588 bits per heavy atom. The lowest BCUT2D eigenvalue weighted by atomic mass is 9.71. The maximum atomic E-state index is 3.58. The van der Waals surface area contributed by atoms with Crippen LogP contribution in [0.25, 0.3) is 28.3 Å². The van der Waals surface area contributed by atoms with Crippen LogP contribution in [0, 0.1) is 0 Å². The molecule has 0 saturated carbocycles. The van der Waals surface area contributed by atoms with Crippen molar-refractivity contribution in [2.75, 3.05) is 5.43 Å². The number of hydrogen-bond donors (Lipinski definition) is 1. The number of rotatable bonds is 3. The van der Waals surface area contributed by atoms with Crippen LogP contribution in [-0.2, 0) is 5.41 Å². The highest BCUT2D eigenvalue weighted by molar-refractivity contribution is 5.94. The maximum absolute atomic E-state index is 3.58. The van der Waals surface area contributed by atoms with Crippen LogP contribution in [0.5, 0.6) is 0 Å². The van der Waals surface area contributed by atoms with Crippen LogP contribution in [0.15, 0.2) is 121 Å². The quantitative estimate of drug-likeness (QED) is 0.305. The average molecular weight is 437 g/mol. The van der Waals surface area contributed by atoms with Gasteiger partial charge in [-0.1, -0.05) is 103 Å². The van der Waals surface area contributed by atoms with Gasteiger partial charge in [0.05, 0.1) is 5.41 Å². The minimum atomic E-state index is -0.289. The average Bonchev–Trinajstić information content (AvgIpc) is 3.50. The van der Waals surface area contributed by atoms with Crippen LogP contribution in [0.3, 0.4) is 0 Å². The second kappa shape index (κ2) is 7.10. The van der Waals surface area contributed by atoms with Gasteiger partial charge in [-0.05, 0) is 57.5 Å². The van der Waals surface area contributed by atoms with Gasteiger partial charge in [-0.25, -0.2) is 0 Å². The lowest BCUT2D eigenvalue weighted by Gasteiger charge is -2.29. The van der Waals surface area contributed by atoms with Crippen molar-refractivity contribution in [2.45, 2.75) is 12.3 Å². The molecule has 7 rings (SSSR count). The molecular weight excluding hydrogens is 412 g/mol. The first-order chi connectivity index (χ1) is 16.8. The molecule has 1 heterocycles. The minimum Gasteiger partial charge on any atom is -0.299 e. The summed E-state index contributed by atoms with van der Waals surface area (Å²) in [6.45, 7) is 2.11. The number of allylic oxidation sites excluding steroid dienone is 1. The molecule has 2 heteroatoms. The van der Waals surface area contributed by atoms with E-state index in [1.165, 1.54) is 50.1 Å². The summed E-state index contributed by atoms with van der Waals surface area (Å²) >= 11 is 0. The highest BCUT2D eigenvalue weighted by atomic mass is 15.4. The van der Waals surface area contributed by atoms with E-state index in [0.29, 0.717) is 0 Å². The molecule has 4 aromatic carbocycles. The molecule has 0 atom stereocenters. The van der Waals surface area contributed by atoms with Crippen LogP contribution in [0.4, 0.5) is 0 Å². The predicted molar refractivity (Wildman–Crippen MR) is 140 cm³/mol. The second-order valence-corrected chi connectivity index (χ2v) is 9.23. The molecule has 0 unspecified atom stereocenters. The van der Waals surface area contributed by atoms with E-state index in [4.69, 9.17) is 0 Å². The fraction of sp³-hybridized carbons (Fsp3) is 0.0625. The molecule has 2 nitrogen and oxygen atoms in total. The molecule has 0 bridgehead atoms. The first kappa shape index (κ1) is 19.2. The highest BCUT2D eigenvalue weighted by Crippen LogP contribution is 2.62. The van der Waals surface area contributed by atoms with Gasteiger partial charge in [0.2, 0.25) is 0 Å². The van der Waals surface area contributed by atoms with Crippen molar-refractivity contribution in [3.63, 3.8) is 0 Å². The van der Waals surface area contributed by atoms with Crippen LogP contribution in [-0.4, -0.2) is 4.68 Å². The van der Waals surface area contributed by atoms with E-state index < -0.39 is 0 Å². The molecule has 5 aromatic rings. The fourth-order valence-corrected chi connectivity index (χ4v) is 6.07. The zero-order valence-corrected chi connectivity index (χ0v) is 19.0. The van der Waals surface area contributed by atoms with Crippen molar-refractivity contribution >= 4 is 6.08 Å². The van der Waals surface area contributed by atoms with Gasteiger partial charge < -0.3 is 0 Å². The Kier molecular flexibility index (Phi) is 4.01. The Bertz CT molecular complexity index is 1540. The molecule has 0 radical (unpaired) electrons. The summed E-state index contributed by atoms with van der Waals surface area (Å²) < 4.78 is 2.13. The minimum absolute atomic E-state index is 0.289. The zero-order chi connectivity index (χ0) is 22.7. The van der Waals surface area contributed by atoms with Gasteiger partial charge in [-0.3, -0.25) is 10.1 Å². The number of fused-ring (bicyclic) bond motifs is 10. The van der Waals surface area contributed by atoms with Crippen LogP contribution >= 0.6 is 0 Å². The largest absolute Gasteiger partial charge is 0.299 e.